The van der Waals surface area contributed by atoms with Crippen LogP contribution >= 0.6 is 22.6 Å². The number of halogens is 1. The minimum atomic E-state index is 0.942. The van der Waals surface area contributed by atoms with E-state index in [-0.39, 0.29) is 0 Å². The number of aromatic nitrogens is 2. The fourth-order valence-corrected chi connectivity index (χ4v) is 0.584. The highest BCUT2D eigenvalue weighted by atomic mass is 127. The van der Waals surface area contributed by atoms with Crippen molar-refractivity contribution in [3.63, 3.8) is 0 Å². The zero-order valence-corrected chi connectivity index (χ0v) is 5.66. The van der Waals surface area contributed by atoms with Gasteiger partial charge in [0.1, 0.15) is 3.70 Å². The predicted octanol–water partition coefficient (Wildman–Crippen LogP) is 0.201. The summed E-state index contributed by atoms with van der Waals surface area (Å²) in [5, 5.41) is 3.70. The molecule has 0 aliphatic rings. The summed E-state index contributed by atoms with van der Waals surface area (Å²) in [5.41, 5.74) is 0. The van der Waals surface area contributed by atoms with E-state index in [1.165, 1.54) is 4.79 Å². The van der Waals surface area contributed by atoms with Gasteiger partial charge in [-0.3, -0.25) is 0 Å². The minimum Gasteiger partial charge on any atom is -0.322 e. The van der Waals surface area contributed by atoms with Gasteiger partial charge in [0, 0.05) is 0 Å². The third-order valence-electron chi connectivity index (χ3n) is 0.622. The van der Waals surface area contributed by atoms with Crippen molar-refractivity contribution in [3.05, 3.63) is 16.0 Å². The van der Waals surface area contributed by atoms with E-state index < -0.39 is 0 Å². The summed E-state index contributed by atoms with van der Waals surface area (Å²) < 4.78 is 0.942. The van der Waals surface area contributed by atoms with E-state index >= 15 is 0 Å². The molecule has 0 unspecified atom stereocenters. The maximum atomic E-state index is 5.24. The second kappa shape index (κ2) is 1.69. The van der Waals surface area contributed by atoms with Crippen LogP contribution in [-0.2, 0) is 0 Å². The zero-order valence-electron chi connectivity index (χ0n) is 3.50. The van der Waals surface area contributed by atoms with Gasteiger partial charge in [-0.25, -0.2) is 0 Å². The molecule has 1 heterocycles. The number of hydrogen-bond donors (Lipinski definition) is 1. The largest absolute Gasteiger partial charge is 0.322 e. The van der Waals surface area contributed by atoms with Gasteiger partial charge in [0.25, 0.3) is 0 Å². The quantitative estimate of drug-likeness (QED) is 0.490. The molecule has 0 spiro atoms. The van der Waals surface area contributed by atoms with Crippen molar-refractivity contribution in [2.24, 2.45) is 0 Å². The van der Waals surface area contributed by atoms with Gasteiger partial charge in [-0.2, -0.15) is 9.89 Å². The molecule has 2 N–H and O–H groups in total. The Bertz CT molecular complexity index is 142. The molecule has 0 aliphatic carbocycles. The van der Waals surface area contributed by atoms with Gasteiger partial charge in [0.15, 0.2) is 0 Å². The molecule has 0 bridgehead atoms. The van der Waals surface area contributed by atoms with E-state index in [0.29, 0.717) is 0 Å². The Morgan fingerprint density at radius 3 is 2.71 bits per heavy atom. The second-order valence-electron chi connectivity index (χ2n) is 1.10. The molecule has 0 saturated heterocycles. The molecule has 38 valence electrons. The predicted molar refractivity (Wildman–Crippen MR) is 35.1 cm³/mol. The maximum absolute atomic E-state index is 5.24. The Balaban J connectivity index is 3.12. The van der Waals surface area contributed by atoms with Crippen molar-refractivity contribution < 1.29 is 0 Å². The molecule has 0 aromatic carbocycles. The molecule has 1 aromatic rings. The third-order valence-corrected chi connectivity index (χ3v) is 1.48. The average molecular weight is 209 g/mol. The summed E-state index contributed by atoms with van der Waals surface area (Å²) in [6.07, 6.45) is 1.65. The van der Waals surface area contributed by atoms with E-state index in [2.05, 4.69) is 27.7 Å². The molecule has 0 saturated carbocycles. The summed E-state index contributed by atoms with van der Waals surface area (Å²) in [7, 11) is 0. The van der Waals surface area contributed by atoms with Gasteiger partial charge in [0.2, 0.25) is 0 Å². The monoisotopic (exact) mass is 209 g/mol. The van der Waals surface area contributed by atoms with E-state index in [4.69, 9.17) is 5.84 Å². The van der Waals surface area contributed by atoms with Crippen molar-refractivity contribution in [1.29, 1.82) is 0 Å². The van der Waals surface area contributed by atoms with Crippen LogP contribution in [0.15, 0.2) is 12.3 Å². The lowest BCUT2D eigenvalue weighted by atomic mass is 10.8. The van der Waals surface area contributed by atoms with Crippen LogP contribution in [0.25, 0.3) is 0 Å². The van der Waals surface area contributed by atoms with Crippen molar-refractivity contribution in [3.8, 4) is 0 Å². The van der Waals surface area contributed by atoms with Crippen LogP contribution < -0.4 is 5.84 Å². The average Bonchev–Trinajstić information content (AvgIpc) is 1.91. The normalized spacial score (nSPS) is 9.29. The number of hydrogen-bond acceptors (Lipinski definition) is 2. The first kappa shape index (κ1) is 4.89. The summed E-state index contributed by atoms with van der Waals surface area (Å²) in [5.74, 6) is 5.24. The van der Waals surface area contributed by atoms with Crippen LogP contribution in [0.3, 0.4) is 0 Å². The highest BCUT2D eigenvalue weighted by molar-refractivity contribution is 14.1. The highest BCUT2D eigenvalue weighted by Gasteiger charge is 1.86. The number of nitrogen functional groups attached to an aromatic ring is 1. The molecule has 0 amide bonds. The zero-order chi connectivity index (χ0) is 5.28. The maximum Gasteiger partial charge on any atom is 0.122 e. The number of rotatable bonds is 0. The van der Waals surface area contributed by atoms with Crippen LogP contribution in [-0.4, -0.2) is 9.89 Å². The van der Waals surface area contributed by atoms with E-state index in [1.54, 1.807) is 6.20 Å². The minimum absolute atomic E-state index is 0.942. The van der Waals surface area contributed by atoms with Gasteiger partial charge in [-0.1, -0.05) is 0 Å². The molecule has 0 atom stereocenters. The Kier molecular flexibility index (Phi) is 1.18. The summed E-state index contributed by atoms with van der Waals surface area (Å²) >= 11 is 2.10. The van der Waals surface area contributed by atoms with E-state index in [0.717, 1.165) is 3.70 Å². The SMILES string of the molecule is Nn1nccc1I. The highest BCUT2D eigenvalue weighted by Crippen LogP contribution is 1.96. The van der Waals surface area contributed by atoms with Crippen molar-refractivity contribution in [2.45, 2.75) is 0 Å². The van der Waals surface area contributed by atoms with Gasteiger partial charge in [0.05, 0.1) is 6.20 Å². The number of nitrogens with two attached hydrogens (primary N) is 1. The third kappa shape index (κ3) is 0.846. The summed E-state index contributed by atoms with van der Waals surface area (Å²) in [6, 6.07) is 1.83. The van der Waals surface area contributed by atoms with Gasteiger partial charge >= 0.3 is 0 Å². The molecule has 0 fully saturated rings. The molecule has 1 rings (SSSR count). The van der Waals surface area contributed by atoms with Gasteiger partial charge in [-0.15, -0.1) is 0 Å². The second-order valence-corrected chi connectivity index (χ2v) is 2.20. The molecular weight excluding hydrogens is 205 g/mol. The Morgan fingerprint density at radius 2 is 2.57 bits per heavy atom. The first-order chi connectivity index (χ1) is 3.30. The van der Waals surface area contributed by atoms with Crippen LogP contribution in [0.1, 0.15) is 0 Å². The molecule has 0 aliphatic heterocycles. The Morgan fingerprint density at radius 1 is 1.86 bits per heavy atom. The number of nitrogens with zero attached hydrogens (tertiary/aromatic N) is 2. The lowest BCUT2D eigenvalue weighted by molar-refractivity contribution is 0.810. The lowest BCUT2D eigenvalue weighted by Crippen LogP contribution is -2.10. The lowest BCUT2D eigenvalue weighted by Gasteiger charge is -1.85. The van der Waals surface area contributed by atoms with Crippen molar-refractivity contribution in [2.75, 3.05) is 5.84 Å². The smallest absolute Gasteiger partial charge is 0.122 e. The molecule has 0 radical (unpaired) electrons. The molecular formula is C3H4IN3. The standard InChI is InChI=1S/C3H4IN3/c4-3-1-2-6-7(3)5/h1-2H,5H2. The van der Waals surface area contributed by atoms with Crippen molar-refractivity contribution in [1.82, 2.24) is 9.89 Å². The van der Waals surface area contributed by atoms with Crippen molar-refractivity contribution >= 4 is 22.6 Å². The van der Waals surface area contributed by atoms with Gasteiger partial charge in [-0.05, 0) is 28.7 Å². The fraction of sp³-hybridized carbons (Fsp3) is 0. The van der Waals surface area contributed by atoms with Crippen LogP contribution in [0.4, 0.5) is 0 Å². The molecule has 3 nitrogen and oxygen atoms in total. The first-order valence-corrected chi connectivity index (χ1v) is 2.83. The summed E-state index contributed by atoms with van der Waals surface area (Å²) in [4.78, 5) is 1.32. The van der Waals surface area contributed by atoms with E-state index in [9.17, 15) is 0 Å². The van der Waals surface area contributed by atoms with Crippen LogP contribution in [0, 0.1) is 3.70 Å². The van der Waals surface area contributed by atoms with Crippen LogP contribution in [0.5, 0.6) is 0 Å². The first-order valence-electron chi connectivity index (χ1n) is 1.75. The van der Waals surface area contributed by atoms with Gasteiger partial charge < -0.3 is 5.84 Å². The Labute approximate surface area is 54.6 Å². The van der Waals surface area contributed by atoms with E-state index in [1.807, 2.05) is 6.07 Å². The Hall–Kier alpha value is -0.260. The fourth-order valence-electron chi connectivity index (χ4n) is 0.298. The molecule has 4 heteroatoms. The van der Waals surface area contributed by atoms with Crippen LogP contribution in [0.2, 0.25) is 0 Å². The molecule has 1 aromatic heterocycles. The molecule has 7 heavy (non-hydrogen) atoms. The summed E-state index contributed by atoms with van der Waals surface area (Å²) in [6.45, 7) is 0. The topological polar surface area (TPSA) is 43.8 Å².